The molecule has 0 saturated carbocycles. The lowest BCUT2D eigenvalue weighted by molar-refractivity contribution is -0.142. The molecule has 0 radical (unpaired) electrons. The van der Waals surface area contributed by atoms with Crippen LogP contribution in [0.3, 0.4) is 0 Å². The van der Waals surface area contributed by atoms with Gasteiger partial charge in [0.05, 0.1) is 0 Å². The number of nitrogens with one attached hydrogen (secondary N) is 2. The molecule has 0 aromatic heterocycles. The van der Waals surface area contributed by atoms with Crippen molar-refractivity contribution in [2.24, 2.45) is 0 Å². The van der Waals surface area contributed by atoms with E-state index in [0.29, 0.717) is 30.8 Å². The Morgan fingerprint density at radius 3 is 2.27 bits per heavy atom. The number of unbranched alkanes of at least 4 members (excludes halogenated alkanes) is 7. The smallest absolute Gasteiger partial charge is 0.408 e. The van der Waals surface area contributed by atoms with Crippen LogP contribution in [0.2, 0.25) is 0 Å². The molecule has 1 aromatic carbocycles. The summed E-state index contributed by atoms with van der Waals surface area (Å²) < 4.78 is 5.46. The van der Waals surface area contributed by atoms with Crippen LogP contribution in [0, 0.1) is 0 Å². The molecule has 3 N–H and O–H groups in total. The molecule has 8 nitrogen and oxygen atoms in total. The average molecular weight is 580 g/mol. The molecule has 228 valence electrons. The SMILES string of the molecule is CCCCCCCCN(C(=O)C(CCSC)NC(=O)OC(C)(C)C)C(C(=O)NCCCCC)c1cccc(O)c1. The van der Waals surface area contributed by atoms with Gasteiger partial charge in [0.1, 0.15) is 23.4 Å². The Morgan fingerprint density at radius 1 is 1.00 bits per heavy atom. The Hall–Kier alpha value is -2.42. The van der Waals surface area contributed by atoms with E-state index in [9.17, 15) is 19.5 Å². The lowest BCUT2D eigenvalue weighted by Gasteiger charge is -2.34. The molecule has 3 amide bonds. The lowest BCUT2D eigenvalue weighted by atomic mass is 10.0. The number of benzene rings is 1. The van der Waals surface area contributed by atoms with Crippen molar-refractivity contribution in [2.75, 3.05) is 25.1 Å². The highest BCUT2D eigenvalue weighted by molar-refractivity contribution is 7.98. The Balaban J connectivity index is 3.37. The summed E-state index contributed by atoms with van der Waals surface area (Å²) in [5, 5.41) is 16.0. The second-order valence-electron chi connectivity index (χ2n) is 11.3. The molecule has 0 heterocycles. The maximum Gasteiger partial charge on any atom is 0.408 e. The number of hydrogen-bond acceptors (Lipinski definition) is 6. The summed E-state index contributed by atoms with van der Waals surface area (Å²) in [5.74, 6) is 0.0587. The standard InChI is InChI=1S/C31H53N3O5S/c1-7-9-11-12-13-15-21-34(29(37)26(19-22-40-6)33-30(38)39-31(3,4)5)27(24-17-16-18-25(35)23-24)28(36)32-20-14-10-8-2/h16-18,23,26-27,35H,7-15,19-22H2,1-6H3,(H,32,36)(H,33,38). The molecule has 40 heavy (non-hydrogen) atoms. The third-order valence-electron chi connectivity index (χ3n) is 6.46. The molecule has 0 aliphatic carbocycles. The van der Waals surface area contributed by atoms with Crippen LogP contribution in [-0.4, -0.2) is 64.7 Å². The van der Waals surface area contributed by atoms with Crippen LogP contribution in [0.5, 0.6) is 5.75 Å². The summed E-state index contributed by atoms with van der Waals surface area (Å²) >= 11 is 1.58. The van der Waals surface area contributed by atoms with E-state index in [4.69, 9.17) is 4.74 Å². The summed E-state index contributed by atoms with van der Waals surface area (Å²) in [4.78, 5) is 42.2. The zero-order valence-electron chi connectivity index (χ0n) is 25.6. The molecular weight excluding hydrogens is 526 g/mol. The van der Waals surface area contributed by atoms with Crippen molar-refractivity contribution >= 4 is 29.7 Å². The molecule has 1 rings (SSSR count). The number of carbonyl (C=O) groups excluding carboxylic acids is 3. The Labute approximate surface area is 246 Å². The quantitative estimate of drug-likeness (QED) is 0.160. The fourth-order valence-electron chi connectivity index (χ4n) is 4.42. The zero-order chi connectivity index (χ0) is 30.0. The maximum absolute atomic E-state index is 14.2. The molecule has 0 spiro atoms. The highest BCUT2D eigenvalue weighted by Gasteiger charge is 2.36. The molecule has 9 heteroatoms. The first-order chi connectivity index (χ1) is 19.0. The van der Waals surface area contributed by atoms with Gasteiger partial charge in [-0.1, -0.05) is 70.9 Å². The van der Waals surface area contributed by atoms with Crippen LogP contribution in [0.15, 0.2) is 24.3 Å². The Bertz CT molecular complexity index is 890. The third-order valence-corrected chi connectivity index (χ3v) is 7.10. The van der Waals surface area contributed by atoms with Gasteiger partial charge in [-0.3, -0.25) is 9.59 Å². The molecule has 0 bridgehead atoms. The van der Waals surface area contributed by atoms with E-state index >= 15 is 0 Å². The number of phenols is 1. The van der Waals surface area contributed by atoms with Crippen LogP contribution in [0.1, 0.15) is 110 Å². The molecule has 2 atom stereocenters. The monoisotopic (exact) mass is 579 g/mol. The molecule has 0 fully saturated rings. The largest absolute Gasteiger partial charge is 0.508 e. The summed E-state index contributed by atoms with van der Waals surface area (Å²) in [5.41, 5.74) is -0.175. The first kappa shape index (κ1) is 35.6. The number of alkyl carbamates (subject to hydrolysis) is 1. The fraction of sp³-hybridized carbons (Fsp3) is 0.710. The predicted octanol–water partition coefficient (Wildman–Crippen LogP) is 6.58. The summed E-state index contributed by atoms with van der Waals surface area (Å²) in [6.45, 7) is 10.5. The lowest BCUT2D eigenvalue weighted by Crippen LogP contribution is -2.53. The van der Waals surface area contributed by atoms with E-state index in [1.807, 2.05) is 6.26 Å². The minimum absolute atomic E-state index is 0.0269. The Kier molecular flexibility index (Phi) is 17.5. The number of thioether (sulfide) groups is 1. The van der Waals surface area contributed by atoms with Crippen molar-refractivity contribution in [3.63, 3.8) is 0 Å². The van der Waals surface area contributed by atoms with Crippen LogP contribution in [0.4, 0.5) is 4.79 Å². The van der Waals surface area contributed by atoms with Gasteiger partial charge in [0, 0.05) is 13.1 Å². The van der Waals surface area contributed by atoms with Crippen molar-refractivity contribution in [3.05, 3.63) is 29.8 Å². The number of aromatic hydroxyl groups is 1. The fourth-order valence-corrected chi connectivity index (χ4v) is 4.89. The van der Waals surface area contributed by atoms with Crippen molar-refractivity contribution in [2.45, 2.75) is 117 Å². The first-order valence-corrected chi connectivity index (χ1v) is 16.3. The second kappa shape index (κ2) is 19.6. The van der Waals surface area contributed by atoms with Crippen LogP contribution in [0.25, 0.3) is 0 Å². The van der Waals surface area contributed by atoms with Gasteiger partial charge < -0.3 is 25.4 Å². The third kappa shape index (κ3) is 14.3. The zero-order valence-corrected chi connectivity index (χ0v) is 26.4. The highest BCUT2D eigenvalue weighted by Crippen LogP contribution is 2.27. The molecule has 1 aromatic rings. The van der Waals surface area contributed by atoms with E-state index < -0.39 is 23.8 Å². The molecule has 0 aliphatic heterocycles. The van der Waals surface area contributed by atoms with Crippen molar-refractivity contribution in [1.82, 2.24) is 15.5 Å². The van der Waals surface area contributed by atoms with E-state index in [2.05, 4.69) is 24.5 Å². The molecule has 2 unspecified atom stereocenters. The molecule has 0 aliphatic rings. The van der Waals surface area contributed by atoms with Gasteiger partial charge >= 0.3 is 6.09 Å². The first-order valence-electron chi connectivity index (χ1n) is 14.9. The highest BCUT2D eigenvalue weighted by atomic mass is 32.2. The van der Waals surface area contributed by atoms with Crippen LogP contribution < -0.4 is 10.6 Å². The van der Waals surface area contributed by atoms with Gasteiger partial charge in [-0.15, -0.1) is 0 Å². The van der Waals surface area contributed by atoms with Crippen molar-refractivity contribution in [1.29, 1.82) is 0 Å². The van der Waals surface area contributed by atoms with E-state index in [1.165, 1.54) is 12.5 Å². The predicted molar refractivity (Wildman–Crippen MR) is 165 cm³/mol. The van der Waals surface area contributed by atoms with Crippen LogP contribution in [-0.2, 0) is 14.3 Å². The maximum atomic E-state index is 14.2. The van der Waals surface area contributed by atoms with Gasteiger partial charge in [0.2, 0.25) is 11.8 Å². The minimum Gasteiger partial charge on any atom is -0.508 e. The summed E-state index contributed by atoms with van der Waals surface area (Å²) in [7, 11) is 0. The minimum atomic E-state index is -0.936. The van der Waals surface area contributed by atoms with Gasteiger partial charge in [-0.2, -0.15) is 11.8 Å². The molecular formula is C31H53N3O5S. The number of phenolic OH excluding ortho intramolecular Hbond substituents is 1. The topological polar surface area (TPSA) is 108 Å². The van der Waals surface area contributed by atoms with Crippen molar-refractivity contribution in [3.8, 4) is 5.75 Å². The average Bonchev–Trinajstić information content (AvgIpc) is 2.88. The summed E-state index contributed by atoms with van der Waals surface area (Å²) in [6.07, 6.45) is 10.7. The second-order valence-corrected chi connectivity index (χ2v) is 12.3. The number of nitrogens with zero attached hydrogens (tertiary/aromatic N) is 1. The van der Waals surface area contributed by atoms with Gasteiger partial charge in [-0.25, -0.2) is 4.79 Å². The normalized spacial score (nSPS) is 12.8. The number of ether oxygens (including phenoxy) is 1. The van der Waals surface area contributed by atoms with Gasteiger partial charge in [-0.05, 0) is 69.7 Å². The van der Waals surface area contributed by atoms with Crippen molar-refractivity contribution < 1.29 is 24.2 Å². The number of hydrogen-bond donors (Lipinski definition) is 3. The Morgan fingerprint density at radius 2 is 1.65 bits per heavy atom. The van der Waals surface area contributed by atoms with E-state index in [-0.39, 0.29) is 17.6 Å². The van der Waals surface area contributed by atoms with Gasteiger partial charge in [0.15, 0.2) is 0 Å². The van der Waals surface area contributed by atoms with E-state index in [0.717, 1.165) is 51.4 Å². The molecule has 0 saturated heterocycles. The van der Waals surface area contributed by atoms with Gasteiger partial charge in [0.25, 0.3) is 0 Å². The summed E-state index contributed by atoms with van der Waals surface area (Å²) in [6, 6.07) is 4.74. The van der Waals surface area contributed by atoms with Crippen LogP contribution >= 0.6 is 11.8 Å². The number of rotatable bonds is 19. The van der Waals surface area contributed by atoms with E-state index in [1.54, 1.807) is 55.6 Å². The number of amides is 3. The number of carbonyl (C=O) groups is 3.